The Morgan fingerprint density at radius 1 is 1.35 bits per heavy atom. The maximum atomic E-state index is 12.3. The average Bonchev–Trinajstić information content (AvgIpc) is 2.27. The van der Waals surface area contributed by atoms with E-state index in [4.69, 9.17) is 5.73 Å². The Bertz CT molecular complexity index is 381. The van der Waals surface area contributed by atoms with E-state index in [0.717, 1.165) is 0 Å². The summed E-state index contributed by atoms with van der Waals surface area (Å²) in [5.41, 5.74) is 5.22. The van der Waals surface area contributed by atoms with Crippen LogP contribution in [0.5, 0.6) is 0 Å². The lowest BCUT2D eigenvalue weighted by atomic mass is 10.4. The third-order valence-corrected chi connectivity index (χ3v) is 2.40. The lowest BCUT2D eigenvalue weighted by Crippen LogP contribution is -2.37. The highest BCUT2D eigenvalue weighted by Gasteiger charge is 2.11. The van der Waals surface area contributed by atoms with E-state index in [1.165, 1.54) is 10.6 Å². The predicted molar refractivity (Wildman–Crippen MR) is 62.2 cm³/mol. The number of nitrogens with zero attached hydrogens (tertiary/aromatic N) is 2. The first-order valence-corrected chi connectivity index (χ1v) is 5.49. The Hall–Kier alpha value is -1.27. The molecule has 0 unspecified atom stereocenters. The van der Waals surface area contributed by atoms with Gasteiger partial charge in [0.2, 0.25) is 0 Å². The molecule has 1 aromatic heterocycles. The third kappa shape index (κ3) is 5.06. The van der Waals surface area contributed by atoms with Crippen molar-refractivity contribution in [1.29, 1.82) is 0 Å². The zero-order valence-electron chi connectivity index (χ0n) is 9.56. The minimum Gasteiger partial charge on any atom is -0.329 e. The minimum absolute atomic E-state index is 0.128. The summed E-state index contributed by atoms with van der Waals surface area (Å²) in [6.45, 7) is 1.22. The Balaban J connectivity index is 2.51. The molecular weight excluding hydrogens is 228 g/mol. The van der Waals surface area contributed by atoms with Gasteiger partial charge in [0.05, 0.1) is 6.54 Å². The van der Waals surface area contributed by atoms with Gasteiger partial charge in [-0.15, -0.1) is 0 Å². The van der Waals surface area contributed by atoms with E-state index in [1.807, 2.05) is 0 Å². The number of pyridine rings is 1. The van der Waals surface area contributed by atoms with Gasteiger partial charge in [-0.3, -0.25) is 9.69 Å². The van der Waals surface area contributed by atoms with Gasteiger partial charge in [0.1, 0.15) is 0 Å². The van der Waals surface area contributed by atoms with Gasteiger partial charge in [0, 0.05) is 38.4 Å². The Morgan fingerprint density at radius 2 is 2.12 bits per heavy atom. The Kier molecular flexibility index (Phi) is 5.79. The molecule has 96 valence electrons. The zero-order valence-corrected chi connectivity index (χ0v) is 9.56. The van der Waals surface area contributed by atoms with Gasteiger partial charge in [0.25, 0.3) is 12.0 Å². The second-order valence-electron chi connectivity index (χ2n) is 3.71. The molecule has 17 heavy (non-hydrogen) atoms. The summed E-state index contributed by atoms with van der Waals surface area (Å²) < 4.78 is 26.0. The molecule has 0 aromatic carbocycles. The second-order valence-corrected chi connectivity index (χ2v) is 3.71. The first-order chi connectivity index (χ1) is 8.13. The molecule has 0 bridgehead atoms. The molecule has 6 heteroatoms. The average molecular weight is 245 g/mol. The summed E-state index contributed by atoms with van der Waals surface area (Å²) in [5, 5.41) is 0. The predicted octanol–water partition coefficient (Wildman–Crippen LogP) is 0.374. The quantitative estimate of drug-likeness (QED) is 0.755. The lowest BCUT2D eigenvalue weighted by Gasteiger charge is -2.21. The normalized spacial score (nSPS) is 11.4. The monoisotopic (exact) mass is 245 g/mol. The van der Waals surface area contributed by atoms with Gasteiger partial charge in [-0.25, -0.2) is 8.78 Å². The van der Waals surface area contributed by atoms with Crippen molar-refractivity contribution in [3.63, 3.8) is 0 Å². The van der Waals surface area contributed by atoms with Crippen LogP contribution in [0, 0.1) is 0 Å². The van der Waals surface area contributed by atoms with E-state index in [0.29, 0.717) is 26.2 Å². The summed E-state index contributed by atoms with van der Waals surface area (Å²) in [6, 6.07) is 4.83. The molecule has 0 aliphatic rings. The number of nitrogens with two attached hydrogens (primary N) is 1. The molecule has 0 radical (unpaired) electrons. The van der Waals surface area contributed by atoms with E-state index in [-0.39, 0.29) is 12.1 Å². The summed E-state index contributed by atoms with van der Waals surface area (Å²) in [6.07, 6.45) is -0.736. The number of aromatic nitrogens is 1. The fourth-order valence-electron chi connectivity index (χ4n) is 1.57. The number of alkyl halides is 2. The van der Waals surface area contributed by atoms with Crippen LogP contribution in [0.2, 0.25) is 0 Å². The lowest BCUT2D eigenvalue weighted by molar-refractivity contribution is 0.0877. The van der Waals surface area contributed by atoms with Gasteiger partial charge in [-0.1, -0.05) is 6.07 Å². The van der Waals surface area contributed by atoms with E-state index < -0.39 is 6.43 Å². The highest BCUT2D eigenvalue weighted by Crippen LogP contribution is 1.98. The SMILES string of the molecule is NCCN(CCn1ccccc1=O)CC(F)F. The first kappa shape index (κ1) is 13.8. The number of hydrogen-bond acceptors (Lipinski definition) is 3. The molecule has 1 rings (SSSR count). The van der Waals surface area contributed by atoms with Crippen LogP contribution in [-0.2, 0) is 6.54 Å². The Morgan fingerprint density at radius 3 is 2.71 bits per heavy atom. The van der Waals surface area contributed by atoms with Crippen LogP contribution in [0.25, 0.3) is 0 Å². The van der Waals surface area contributed by atoms with Crippen molar-refractivity contribution >= 4 is 0 Å². The molecule has 0 amide bonds. The zero-order chi connectivity index (χ0) is 12.7. The molecule has 0 saturated carbocycles. The Labute approximate surface area is 98.6 Å². The molecule has 0 aliphatic heterocycles. The highest BCUT2D eigenvalue weighted by molar-refractivity contribution is 4.93. The summed E-state index contributed by atoms with van der Waals surface area (Å²) >= 11 is 0. The fourth-order valence-corrected chi connectivity index (χ4v) is 1.57. The van der Waals surface area contributed by atoms with E-state index >= 15 is 0 Å². The standard InChI is InChI=1S/C11H17F2N3O/c12-10(13)9-15(6-4-14)7-8-16-5-2-1-3-11(16)17/h1-3,5,10H,4,6-9,14H2. The molecule has 1 heterocycles. The van der Waals surface area contributed by atoms with Crippen LogP contribution in [0.1, 0.15) is 0 Å². The smallest absolute Gasteiger partial charge is 0.251 e. The maximum absolute atomic E-state index is 12.3. The molecule has 4 nitrogen and oxygen atoms in total. The maximum Gasteiger partial charge on any atom is 0.251 e. The van der Waals surface area contributed by atoms with Gasteiger partial charge in [-0.2, -0.15) is 0 Å². The van der Waals surface area contributed by atoms with Gasteiger partial charge < -0.3 is 10.3 Å². The van der Waals surface area contributed by atoms with Crippen LogP contribution in [0.15, 0.2) is 29.2 Å². The van der Waals surface area contributed by atoms with E-state index in [9.17, 15) is 13.6 Å². The van der Waals surface area contributed by atoms with Gasteiger partial charge in [0.15, 0.2) is 0 Å². The third-order valence-electron chi connectivity index (χ3n) is 2.40. The van der Waals surface area contributed by atoms with Crippen molar-refractivity contribution in [2.45, 2.75) is 13.0 Å². The van der Waals surface area contributed by atoms with E-state index in [2.05, 4.69) is 0 Å². The van der Waals surface area contributed by atoms with Crippen LogP contribution < -0.4 is 11.3 Å². The summed E-state index contributed by atoms with van der Waals surface area (Å²) in [5.74, 6) is 0. The molecule has 2 N–H and O–H groups in total. The molecule has 0 aliphatic carbocycles. The highest BCUT2D eigenvalue weighted by atomic mass is 19.3. The topological polar surface area (TPSA) is 51.3 Å². The fraction of sp³-hybridized carbons (Fsp3) is 0.545. The molecule has 0 atom stereocenters. The summed E-state index contributed by atoms with van der Waals surface area (Å²) in [7, 11) is 0. The van der Waals surface area contributed by atoms with Gasteiger partial charge in [-0.05, 0) is 6.07 Å². The van der Waals surface area contributed by atoms with E-state index in [1.54, 1.807) is 23.2 Å². The van der Waals surface area contributed by atoms with Crippen molar-refractivity contribution in [3.8, 4) is 0 Å². The van der Waals surface area contributed by atoms with Crippen LogP contribution in [0.3, 0.4) is 0 Å². The van der Waals surface area contributed by atoms with Crippen LogP contribution in [-0.4, -0.2) is 42.1 Å². The van der Waals surface area contributed by atoms with Crippen molar-refractivity contribution in [1.82, 2.24) is 9.47 Å². The number of hydrogen-bond donors (Lipinski definition) is 1. The molecule has 1 aromatic rings. The van der Waals surface area contributed by atoms with Crippen molar-refractivity contribution in [2.75, 3.05) is 26.2 Å². The first-order valence-electron chi connectivity index (χ1n) is 5.49. The van der Waals surface area contributed by atoms with Crippen molar-refractivity contribution < 1.29 is 8.78 Å². The van der Waals surface area contributed by atoms with Crippen molar-refractivity contribution in [3.05, 3.63) is 34.7 Å². The molecule has 0 fully saturated rings. The van der Waals surface area contributed by atoms with Crippen LogP contribution >= 0.6 is 0 Å². The largest absolute Gasteiger partial charge is 0.329 e. The van der Waals surface area contributed by atoms with Gasteiger partial charge >= 0.3 is 0 Å². The minimum atomic E-state index is -2.38. The molecular formula is C11H17F2N3O. The second kappa shape index (κ2) is 7.13. The summed E-state index contributed by atoms with van der Waals surface area (Å²) in [4.78, 5) is 12.9. The van der Waals surface area contributed by atoms with Crippen molar-refractivity contribution in [2.24, 2.45) is 5.73 Å². The molecule has 0 saturated heterocycles. The van der Waals surface area contributed by atoms with Crippen LogP contribution in [0.4, 0.5) is 8.78 Å². The molecule has 0 spiro atoms. The number of halogens is 2. The number of rotatable bonds is 7.